The van der Waals surface area contributed by atoms with Crippen LogP contribution < -0.4 is 4.74 Å². The Morgan fingerprint density at radius 3 is 2.47 bits per heavy atom. The van der Waals surface area contributed by atoms with Gasteiger partial charge in [0, 0.05) is 4.70 Å². The predicted octanol–water partition coefficient (Wildman–Crippen LogP) is 6.54. The number of fused-ring (bicyclic) bond motifs is 2. The van der Waals surface area contributed by atoms with E-state index in [1.165, 1.54) is 0 Å². The third kappa shape index (κ3) is 3.81. The van der Waals surface area contributed by atoms with E-state index < -0.39 is 12.1 Å². The SMILES string of the molecule is Cc1c(-c2cc(C(=O)O)c3c(O[C@H](CO)c4ccccc4)ccc(C)c3n2)sc2ccccc12. The van der Waals surface area contributed by atoms with E-state index in [4.69, 9.17) is 9.72 Å². The Hall–Kier alpha value is -3.74. The molecule has 2 aromatic heterocycles. The van der Waals surface area contributed by atoms with Crippen LogP contribution in [0.2, 0.25) is 0 Å². The van der Waals surface area contributed by atoms with Crippen molar-refractivity contribution in [2.24, 2.45) is 0 Å². The van der Waals surface area contributed by atoms with E-state index in [9.17, 15) is 15.0 Å². The number of carboxylic acids is 1. The van der Waals surface area contributed by atoms with E-state index in [-0.39, 0.29) is 12.2 Å². The van der Waals surface area contributed by atoms with Crippen LogP contribution in [0.25, 0.3) is 31.6 Å². The van der Waals surface area contributed by atoms with E-state index in [2.05, 4.69) is 12.1 Å². The van der Waals surface area contributed by atoms with Crippen molar-refractivity contribution in [3.8, 4) is 16.3 Å². The molecule has 34 heavy (non-hydrogen) atoms. The fraction of sp³-hybridized carbons (Fsp3) is 0.143. The first-order chi connectivity index (χ1) is 16.5. The Balaban J connectivity index is 1.70. The van der Waals surface area contributed by atoms with Crippen LogP contribution in [0, 0.1) is 13.8 Å². The summed E-state index contributed by atoms with van der Waals surface area (Å²) < 4.78 is 7.31. The Morgan fingerprint density at radius 2 is 1.76 bits per heavy atom. The lowest BCUT2D eigenvalue weighted by Crippen LogP contribution is -2.13. The third-order valence-electron chi connectivity index (χ3n) is 6.04. The van der Waals surface area contributed by atoms with Crippen molar-refractivity contribution in [2.75, 3.05) is 6.61 Å². The van der Waals surface area contributed by atoms with Gasteiger partial charge < -0.3 is 14.9 Å². The van der Waals surface area contributed by atoms with Gasteiger partial charge in [-0.15, -0.1) is 11.3 Å². The molecule has 3 aromatic carbocycles. The van der Waals surface area contributed by atoms with Gasteiger partial charge in [-0.25, -0.2) is 9.78 Å². The molecule has 0 aliphatic carbocycles. The molecule has 0 aliphatic rings. The Bertz CT molecular complexity index is 1520. The fourth-order valence-electron chi connectivity index (χ4n) is 4.28. The number of ether oxygens (including phenoxy) is 1. The van der Waals surface area contributed by atoms with Crippen LogP contribution in [0.15, 0.2) is 72.8 Å². The maximum atomic E-state index is 12.4. The zero-order chi connectivity index (χ0) is 23.8. The van der Waals surface area contributed by atoms with Crippen LogP contribution in [0.3, 0.4) is 0 Å². The van der Waals surface area contributed by atoms with Crippen LogP contribution in [0.1, 0.15) is 33.2 Å². The molecule has 0 amide bonds. The minimum Gasteiger partial charge on any atom is -0.483 e. The molecule has 1 atom stereocenters. The van der Waals surface area contributed by atoms with E-state index >= 15 is 0 Å². The van der Waals surface area contributed by atoms with Gasteiger partial charge in [-0.05, 0) is 54.1 Å². The highest BCUT2D eigenvalue weighted by atomic mass is 32.1. The summed E-state index contributed by atoms with van der Waals surface area (Å²) >= 11 is 1.61. The predicted molar refractivity (Wildman–Crippen MR) is 136 cm³/mol. The normalized spacial score (nSPS) is 12.2. The summed E-state index contributed by atoms with van der Waals surface area (Å²) in [7, 11) is 0. The molecule has 2 heterocycles. The van der Waals surface area contributed by atoms with Gasteiger partial charge in [0.15, 0.2) is 0 Å². The van der Waals surface area contributed by atoms with Crippen molar-refractivity contribution in [1.29, 1.82) is 0 Å². The van der Waals surface area contributed by atoms with Crippen LogP contribution in [-0.4, -0.2) is 27.8 Å². The lowest BCUT2D eigenvalue weighted by molar-refractivity contribution is 0.0698. The number of aryl methyl sites for hydroxylation is 2. The number of thiophene rings is 1. The van der Waals surface area contributed by atoms with Crippen molar-refractivity contribution >= 4 is 38.3 Å². The Morgan fingerprint density at radius 1 is 1.03 bits per heavy atom. The highest BCUT2D eigenvalue weighted by Gasteiger charge is 2.22. The van der Waals surface area contributed by atoms with Crippen molar-refractivity contribution in [3.05, 3.63) is 95.1 Å². The van der Waals surface area contributed by atoms with Crippen molar-refractivity contribution in [3.63, 3.8) is 0 Å². The zero-order valence-electron chi connectivity index (χ0n) is 18.8. The first-order valence-electron chi connectivity index (χ1n) is 11.0. The topological polar surface area (TPSA) is 79.7 Å². The van der Waals surface area contributed by atoms with Gasteiger partial charge in [0.2, 0.25) is 0 Å². The Kier molecular flexibility index (Phi) is 5.77. The zero-order valence-corrected chi connectivity index (χ0v) is 19.6. The number of hydrogen-bond acceptors (Lipinski definition) is 5. The number of carbonyl (C=O) groups is 1. The van der Waals surface area contributed by atoms with Gasteiger partial charge in [0.25, 0.3) is 0 Å². The van der Waals surface area contributed by atoms with Crippen molar-refractivity contribution < 1.29 is 19.7 Å². The molecule has 170 valence electrons. The molecule has 0 bridgehead atoms. The fourth-order valence-corrected chi connectivity index (χ4v) is 5.45. The largest absolute Gasteiger partial charge is 0.483 e. The number of pyridine rings is 1. The lowest BCUT2D eigenvalue weighted by Gasteiger charge is -2.20. The van der Waals surface area contributed by atoms with Gasteiger partial charge in [0.1, 0.15) is 11.9 Å². The maximum Gasteiger partial charge on any atom is 0.336 e. The number of hydrogen-bond donors (Lipinski definition) is 2. The van der Waals surface area contributed by atoms with E-state index in [1.54, 1.807) is 23.5 Å². The average molecular weight is 470 g/mol. The minimum atomic E-state index is -1.05. The number of aliphatic hydroxyl groups is 1. The van der Waals surface area contributed by atoms with Crippen molar-refractivity contribution in [1.82, 2.24) is 4.98 Å². The number of rotatable bonds is 6. The molecule has 0 saturated heterocycles. The molecule has 0 spiro atoms. The second-order valence-electron chi connectivity index (χ2n) is 8.22. The number of nitrogens with zero attached hydrogens (tertiary/aromatic N) is 1. The third-order valence-corrected chi connectivity index (χ3v) is 7.33. The molecule has 0 aliphatic heterocycles. The summed E-state index contributed by atoms with van der Waals surface area (Å²) in [5, 5.41) is 21.7. The first-order valence-corrected chi connectivity index (χ1v) is 11.8. The second kappa shape index (κ2) is 8.89. The molecule has 0 unspecified atom stereocenters. The second-order valence-corrected chi connectivity index (χ2v) is 9.27. The summed E-state index contributed by atoms with van der Waals surface area (Å²) in [6, 6.07) is 22.8. The molecule has 0 radical (unpaired) electrons. The highest BCUT2D eigenvalue weighted by Crippen LogP contribution is 2.40. The highest BCUT2D eigenvalue weighted by molar-refractivity contribution is 7.22. The molecule has 5 rings (SSSR count). The van der Waals surface area contributed by atoms with Gasteiger partial charge in [-0.1, -0.05) is 54.6 Å². The monoisotopic (exact) mass is 469 g/mol. The van der Waals surface area contributed by atoms with Crippen LogP contribution in [-0.2, 0) is 0 Å². The van der Waals surface area contributed by atoms with Gasteiger partial charge in [-0.2, -0.15) is 0 Å². The standard InChI is InChI=1S/C28H23NO4S/c1-16-12-13-22(33-23(15-30)18-8-4-3-5-9-18)25-20(28(31)32)14-21(29-26(16)25)27-17(2)19-10-6-7-11-24(19)34-27/h3-14,23,30H,15H2,1-2H3,(H,31,32)/t23-/m1/s1. The molecule has 5 nitrogen and oxygen atoms in total. The minimum absolute atomic E-state index is 0.125. The van der Waals surface area contributed by atoms with Crippen LogP contribution in [0.4, 0.5) is 0 Å². The first kappa shape index (κ1) is 22.1. The molecule has 2 N–H and O–H groups in total. The summed E-state index contributed by atoms with van der Waals surface area (Å²) in [4.78, 5) is 18.3. The number of aromatic carboxylic acids is 1. The van der Waals surface area contributed by atoms with Crippen LogP contribution in [0.5, 0.6) is 5.75 Å². The molecular weight excluding hydrogens is 446 g/mol. The smallest absolute Gasteiger partial charge is 0.336 e. The number of benzene rings is 3. The molecule has 6 heteroatoms. The number of carboxylic acid groups (broad SMARTS) is 1. The maximum absolute atomic E-state index is 12.4. The van der Waals surface area contributed by atoms with Crippen molar-refractivity contribution in [2.45, 2.75) is 20.0 Å². The number of aliphatic hydroxyl groups excluding tert-OH is 1. The molecule has 5 aromatic rings. The Labute approximate surface area is 200 Å². The van der Waals surface area contributed by atoms with E-state index in [0.717, 1.165) is 31.7 Å². The molecular formula is C28H23NO4S. The van der Waals surface area contributed by atoms with Gasteiger partial charge in [0.05, 0.1) is 33.6 Å². The quantitative estimate of drug-likeness (QED) is 0.295. The summed E-state index contributed by atoms with van der Waals surface area (Å²) in [5.74, 6) is -0.670. The van der Waals surface area contributed by atoms with E-state index in [0.29, 0.717) is 22.3 Å². The summed E-state index contributed by atoms with van der Waals surface area (Å²) in [5.41, 5.74) is 4.07. The van der Waals surface area contributed by atoms with Crippen LogP contribution >= 0.6 is 11.3 Å². The van der Waals surface area contributed by atoms with E-state index in [1.807, 2.05) is 62.4 Å². The van der Waals surface area contributed by atoms with Gasteiger partial charge >= 0.3 is 5.97 Å². The molecule has 0 saturated carbocycles. The average Bonchev–Trinajstić information content (AvgIpc) is 3.20. The lowest BCUT2D eigenvalue weighted by atomic mass is 10.0. The summed E-state index contributed by atoms with van der Waals surface area (Å²) in [6.45, 7) is 3.71. The summed E-state index contributed by atoms with van der Waals surface area (Å²) in [6.07, 6.45) is -0.627. The number of aromatic nitrogens is 1. The van der Waals surface area contributed by atoms with Gasteiger partial charge in [-0.3, -0.25) is 0 Å². The molecule has 0 fully saturated rings.